The van der Waals surface area contributed by atoms with Crippen LogP contribution in [-0.4, -0.2) is 16.3 Å². The third-order valence-corrected chi connectivity index (χ3v) is 3.99. The summed E-state index contributed by atoms with van der Waals surface area (Å²) in [6.07, 6.45) is 4.95. The minimum atomic E-state index is -0.444. The largest absolute Gasteiger partial charge is 0.354 e. The first-order valence-electron chi connectivity index (χ1n) is 7.72. The third-order valence-electron chi connectivity index (χ3n) is 3.64. The molecule has 0 aliphatic rings. The molecular formula is C19H14ClN3O3. The van der Waals surface area contributed by atoms with Gasteiger partial charge < -0.3 is 4.52 Å². The Morgan fingerprint density at radius 2 is 1.81 bits per heavy atom. The second-order valence-electron chi connectivity index (χ2n) is 5.41. The van der Waals surface area contributed by atoms with Gasteiger partial charge in [0.1, 0.15) is 11.4 Å². The van der Waals surface area contributed by atoms with Gasteiger partial charge in [0.05, 0.1) is 10.5 Å². The van der Waals surface area contributed by atoms with Crippen LogP contribution in [0.2, 0.25) is 5.02 Å². The van der Waals surface area contributed by atoms with Gasteiger partial charge in [-0.1, -0.05) is 47.1 Å². The fourth-order valence-electron chi connectivity index (χ4n) is 2.32. The summed E-state index contributed by atoms with van der Waals surface area (Å²) in [6, 6.07) is 13.8. The predicted octanol–water partition coefficient (Wildman–Crippen LogP) is 5.47. The first-order chi connectivity index (χ1) is 12.6. The molecule has 3 aromatic rings. The molecule has 26 heavy (non-hydrogen) atoms. The lowest BCUT2D eigenvalue weighted by Crippen LogP contribution is -1.93. The maximum atomic E-state index is 11.1. The van der Waals surface area contributed by atoms with Crippen LogP contribution in [0.4, 0.5) is 11.4 Å². The SMILES string of the molecule is Cc1noc(/C=C/c2ccccc2Cl)c1N=Cc1ccccc1[N+](=O)[O-]. The lowest BCUT2D eigenvalue weighted by Gasteiger charge is -1.97. The topological polar surface area (TPSA) is 81.5 Å². The van der Waals surface area contributed by atoms with E-state index in [9.17, 15) is 10.1 Å². The standard InChI is InChI=1S/C19H14ClN3O3/c1-13-19(21-12-15-7-3-5-9-17(15)23(24)25)18(26-22-13)11-10-14-6-2-4-8-16(14)20/h2-12H,1H3/b11-10+,21-12?. The molecule has 0 fully saturated rings. The molecule has 0 unspecified atom stereocenters. The smallest absolute Gasteiger partial charge is 0.278 e. The van der Waals surface area contributed by atoms with Crippen molar-refractivity contribution in [2.75, 3.05) is 0 Å². The van der Waals surface area contributed by atoms with Gasteiger partial charge in [-0.2, -0.15) is 0 Å². The molecule has 130 valence electrons. The second kappa shape index (κ2) is 7.76. The maximum absolute atomic E-state index is 11.1. The van der Waals surface area contributed by atoms with Crippen LogP contribution >= 0.6 is 11.6 Å². The Morgan fingerprint density at radius 3 is 2.54 bits per heavy atom. The molecule has 0 amide bonds. The highest BCUT2D eigenvalue weighted by atomic mass is 35.5. The number of hydrogen-bond donors (Lipinski definition) is 0. The maximum Gasteiger partial charge on any atom is 0.278 e. The van der Waals surface area contributed by atoms with E-state index in [1.54, 1.807) is 43.3 Å². The van der Waals surface area contributed by atoms with Crippen molar-refractivity contribution in [1.29, 1.82) is 0 Å². The number of aromatic nitrogens is 1. The molecule has 0 N–H and O–H groups in total. The number of benzene rings is 2. The highest BCUT2D eigenvalue weighted by Crippen LogP contribution is 2.27. The van der Waals surface area contributed by atoms with E-state index in [0.29, 0.717) is 27.7 Å². The summed E-state index contributed by atoms with van der Waals surface area (Å²) < 4.78 is 5.30. The van der Waals surface area contributed by atoms with Gasteiger partial charge in [-0.3, -0.25) is 10.1 Å². The normalized spacial score (nSPS) is 11.5. The second-order valence-corrected chi connectivity index (χ2v) is 5.82. The van der Waals surface area contributed by atoms with E-state index in [4.69, 9.17) is 16.1 Å². The number of nitro benzene ring substituents is 1. The molecule has 7 heteroatoms. The van der Waals surface area contributed by atoms with Gasteiger partial charge in [-0.15, -0.1) is 0 Å². The van der Waals surface area contributed by atoms with Crippen LogP contribution in [0.5, 0.6) is 0 Å². The van der Waals surface area contributed by atoms with Gasteiger partial charge >= 0.3 is 0 Å². The molecule has 1 aromatic heterocycles. The van der Waals surface area contributed by atoms with Gasteiger partial charge in [0.25, 0.3) is 5.69 Å². The Bertz CT molecular complexity index is 1010. The molecule has 3 rings (SSSR count). The van der Waals surface area contributed by atoms with Crippen LogP contribution in [0.3, 0.4) is 0 Å². The average molecular weight is 368 g/mol. The summed E-state index contributed by atoms with van der Waals surface area (Å²) in [7, 11) is 0. The van der Waals surface area contributed by atoms with Crippen LogP contribution in [0.25, 0.3) is 12.2 Å². The number of rotatable bonds is 5. The minimum absolute atomic E-state index is 0.0153. The molecule has 0 saturated heterocycles. The average Bonchev–Trinajstić information content (AvgIpc) is 2.99. The van der Waals surface area contributed by atoms with E-state index in [2.05, 4.69) is 10.1 Å². The summed E-state index contributed by atoms with van der Waals surface area (Å²) in [5, 5.41) is 15.6. The molecule has 0 bridgehead atoms. The van der Waals surface area contributed by atoms with Crippen molar-refractivity contribution in [3.63, 3.8) is 0 Å². The summed E-state index contributed by atoms with van der Waals surface area (Å²) in [5.41, 5.74) is 2.31. The lowest BCUT2D eigenvalue weighted by atomic mass is 10.2. The quantitative estimate of drug-likeness (QED) is 0.340. The molecule has 0 spiro atoms. The van der Waals surface area contributed by atoms with Crippen LogP contribution in [0.1, 0.15) is 22.6 Å². The van der Waals surface area contributed by atoms with E-state index >= 15 is 0 Å². The van der Waals surface area contributed by atoms with E-state index in [0.717, 1.165) is 5.56 Å². The summed E-state index contributed by atoms with van der Waals surface area (Å²) in [5.74, 6) is 0.442. The van der Waals surface area contributed by atoms with Crippen LogP contribution in [0, 0.1) is 17.0 Å². The highest BCUT2D eigenvalue weighted by molar-refractivity contribution is 6.32. The molecule has 0 atom stereocenters. The Morgan fingerprint density at radius 1 is 1.12 bits per heavy atom. The van der Waals surface area contributed by atoms with Crippen molar-refractivity contribution in [2.45, 2.75) is 6.92 Å². The number of hydrogen-bond acceptors (Lipinski definition) is 5. The molecule has 6 nitrogen and oxygen atoms in total. The van der Waals surface area contributed by atoms with Crippen molar-refractivity contribution in [3.05, 3.63) is 86.2 Å². The first kappa shape index (κ1) is 17.6. The molecule has 1 heterocycles. The van der Waals surface area contributed by atoms with Crippen LogP contribution in [-0.2, 0) is 0 Å². The van der Waals surface area contributed by atoms with Crippen molar-refractivity contribution >= 4 is 41.3 Å². The third kappa shape index (κ3) is 3.87. The highest BCUT2D eigenvalue weighted by Gasteiger charge is 2.12. The summed E-state index contributed by atoms with van der Waals surface area (Å²) in [4.78, 5) is 15.0. The summed E-state index contributed by atoms with van der Waals surface area (Å²) >= 11 is 6.13. The molecule has 0 aliphatic carbocycles. The van der Waals surface area contributed by atoms with Gasteiger partial charge in [-0.25, -0.2) is 4.99 Å². The van der Waals surface area contributed by atoms with Crippen molar-refractivity contribution in [2.24, 2.45) is 4.99 Å². The van der Waals surface area contributed by atoms with Gasteiger partial charge in [0.15, 0.2) is 5.76 Å². The fourth-order valence-corrected chi connectivity index (χ4v) is 2.52. The lowest BCUT2D eigenvalue weighted by molar-refractivity contribution is -0.385. The molecule has 0 aliphatic heterocycles. The van der Waals surface area contributed by atoms with Gasteiger partial charge in [0, 0.05) is 17.3 Å². The molecule has 0 radical (unpaired) electrons. The Balaban J connectivity index is 1.92. The minimum Gasteiger partial charge on any atom is -0.354 e. The van der Waals surface area contributed by atoms with Gasteiger partial charge in [-0.05, 0) is 36.8 Å². The number of nitro groups is 1. The Labute approximate surface area is 154 Å². The Hall–Kier alpha value is -3.25. The van der Waals surface area contributed by atoms with Crippen molar-refractivity contribution in [3.8, 4) is 0 Å². The fraction of sp³-hybridized carbons (Fsp3) is 0.0526. The van der Waals surface area contributed by atoms with E-state index in [-0.39, 0.29) is 5.69 Å². The number of aryl methyl sites for hydroxylation is 1. The van der Waals surface area contributed by atoms with Gasteiger partial charge in [0.2, 0.25) is 0 Å². The molecule has 2 aromatic carbocycles. The van der Waals surface area contributed by atoms with Crippen molar-refractivity contribution < 1.29 is 9.45 Å². The zero-order chi connectivity index (χ0) is 18.5. The molecule has 0 saturated carbocycles. The van der Waals surface area contributed by atoms with Crippen LogP contribution < -0.4 is 0 Å². The Kier molecular flexibility index (Phi) is 5.24. The number of aliphatic imine (C=N–C) groups is 1. The summed E-state index contributed by atoms with van der Waals surface area (Å²) in [6.45, 7) is 1.75. The zero-order valence-corrected chi connectivity index (χ0v) is 14.6. The first-order valence-corrected chi connectivity index (χ1v) is 8.10. The van der Waals surface area contributed by atoms with Crippen LogP contribution in [0.15, 0.2) is 58.0 Å². The zero-order valence-electron chi connectivity index (χ0n) is 13.8. The van der Waals surface area contributed by atoms with E-state index < -0.39 is 4.92 Å². The van der Waals surface area contributed by atoms with E-state index in [1.165, 1.54) is 12.3 Å². The number of nitrogens with zero attached hydrogens (tertiary/aromatic N) is 3. The van der Waals surface area contributed by atoms with Crippen molar-refractivity contribution in [1.82, 2.24) is 5.16 Å². The predicted molar refractivity (Wildman–Crippen MR) is 102 cm³/mol. The molecular weight excluding hydrogens is 354 g/mol. The monoisotopic (exact) mass is 367 g/mol. The number of halogens is 1. The van der Waals surface area contributed by atoms with E-state index in [1.807, 2.05) is 18.2 Å². The number of para-hydroxylation sites is 1.